The molecule has 0 amide bonds. The topological polar surface area (TPSA) is 90.2 Å². The molecular weight excluding hydrogens is 247 g/mol. The highest BCUT2D eigenvalue weighted by molar-refractivity contribution is 7.89. The number of sulfonamides is 1. The Morgan fingerprint density at radius 3 is 2.71 bits per heavy atom. The van der Waals surface area contributed by atoms with Crippen LogP contribution in [0.1, 0.15) is 12.5 Å². The predicted molar refractivity (Wildman–Crippen MR) is 58.0 cm³/mol. The van der Waals surface area contributed by atoms with Gasteiger partial charge in [-0.25, -0.2) is 17.5 Å². The van der Waals surface area contributed by atoms with E-state index in [0.717, 1.165) is 12.1 Å². The summed E-state index contributed by atoms with van der Waals surface area (Å²) in [5.74, 6) is -0.998. The summed E-state index contributed by atoms with van der Waals surface area (Å²) < 4.78 is 38.9. The first kappa shape index (κ1) is 13.6. The molecule has 1 atom stereocenters. The largest absolute Gasteiger partial charge is 0.395 e. The smallest absolute Gasteiger partial charge is 0.243 e. The minimum Gasteiger partial charge on any atom is -0.395 e. The van der Waals surface area contributed by atoms with Gasteiger partial charge in [0.05, 0.1) is 18.2 Å². The number of benzene rings is 1. The molecule has 2 N–H and O–H groups in total. The van der Waals surface area contributed by atoms with E-state index in [1.807, 2.05) is 0 Å². The fourth-order valence-corrected chi connectivity index (χ4v) is 2.45. The maximum absolute atomic E-state index is 13.5. The molecule has 0 saturated heterocycles. The fourth-order valence-electron chi connectivity index (χ4n) is 1.15. The van der Waals surface area contributed by atoms with Crippen LogP contribution < -0.4 is 4.72 Å². The van der Waals surface area contributed by atoms with E-state index in [9.17, 15) is 12.8 Å². The van der Waals surface area contributed by atoms with Crippen molar-refractivity contribution in [2.45, 2.75) is 17.9 Å². The van der Waals surface area contributed by atoms with Crippen LogP contribution in [-0.2, 0) is 10.0 Å². The van der Waals surface area contributed by atoms with E-state index < -0.39 is 33.4 Å². The Balaban J connectivity index is 3.13. The van der Waals surface area contributed by atoms with Gasteiger partial charge in [-0.2, -0.15) is 5.26 Å². The lowest BCUT2D eigenvalue weighted by molar-refractivity contribution is 0.265. The first-order chi connectivity index (χ1) is 7.90. The molecule has 0 fully saturated rings. The lowest BCUT2D eigenvalue weighted by Gasteiger charge is -2.11. The van der Waals surface area contributed by atoms with Crippen molar-refractivity contribution in [3.05, 3.63) is 29.6 Å². The normalized spacial score (nSPS) is 13.1. The average Bonchev–Trinajstić information content (AvgIpc) is 2.27. The van der Waals surface area contributed by atoms with Crippen LogP contribution in [0.2, 0.25) is 0 Å². The monoisotopic (exact) mass is 258 g/mol. The van der Waals surface area contributed by atoms with Gasteiger partial charge in [-0.1, -0.05) is 0 Å². The molecule has 0 aliphatic carbocycles. The van der Waals surface area contributed by atoms with E-state index >= 15 is 0 Å². The van der Waals surface area contributed by atoms with E-state index in [1.165, 1.54) is 13.0 Å². The third-order valence-corrected chi connectivity index (χ3v) is 3.60. The van der Waals surface area contributed by atoms with Crippen LogP contribution in [-0.4, -0.2) is 26.2 Å². The van der Waals surface area contributed by atoms with Crippen LogP contribution in [0.25, 0.3) is 0 Å². The summed E-state index contributed by atoms with van der Waals surface area (Å²) in [4.78, 5) is -0.545. The molecule has 0 saturated carbocycles. The molecule has 7 heteroatoms. The Hall–Kier alpha value is -1.49. The highest BCUT2D eigenvalue weighted by atomic mass is 32.2. The zero-order chi connectivity index (χ0) is 13.1. The quantitative estimate of drug-likeness (QED) is 0.815. The van der Waals surface area contributed by atoms with Crippen LogP contribution in [0.3, 0.4) is 0 Å². The molecule has 92 valence electrons. The van der Waals surface area contributed by atoms with Gasteiger partial charge in [-0.15, -0.1) is 0 Å². The van der Waals surface area contributed by atoms with Gasteiger partial charge in [-0.3, -0.25) is 0 Å². The second-order valence-corrected chi connectivity index (χ2v) is 5.14. The Morgan fingerprint density at radius 1 is 1.59 bits per heavy atom. The number of nitrogens with zero attached hydrogens (tertiary/aromatic N) is 1. The van der Waals surface area contributed by atoms with Crippen LogP contribution in [0, 0.1) is 17.1 Å². The molecule has 0 aromatic heterocycles. The van der Waals surface area contributed by atoms with Gasteiger partial charge in [0.2, 0.25) is 10.0 Å². The molecule has 0 aliphatic rings. The molecule has 5 nitrogen and oxygen atoms in total. The van der Waals surface area contributed by atoms with Crippen LogP contribution in [0.5, 0.6) is 0 Å². The van der Waals surface area contributed by atoms with Gasteiger partial charge >= 0.3 is 0 Å². The predicted octanol–water partition coefficient (Wildman–Crippen LogP) is 0.356. The first-order valence-corrected chi connectivity index (χ1v) is 6.22. The maximum Gasteiger partial charge on any atom is 0.243 e. The van der Waals surface area contributed by atoms with Crippen molar-refractivity contribution < 1.29 is 17.9 Å². The summed E-state index contributed by atoms with van der Waals surface area (Å²) >= 11 is 0. The number of hydrogen-bond donors (Lipinski definition) is 2. The first-order valence-electron chi connectivity index (χ1n) is 4.73. The van der Waals surface area contributed by atoms with Crippen molar-refractivity contribution in [3.63, 3.8) is 0 Å². The summed E-state index contributed by atoms with van der Waals surface area (Å²) in [7, 11) is -4.02. The Morgan fingerprint density at radius 2 is 2.24 bits per heavy atom. The van der Waals surface area contributed by atoms with E-state index in [4.69, 9.17) is 10.4 Å². The number of halogens is 1. The molecular formula is C10H11FN2O3S. The summed E-state index contributed by atoms with van der Waals surface area (Å²) in [6.45, 7) is 1.05. The highest BCUT2D eigenvalue weighted by Gasteiger charge is 2.21. The molecule has 0 unspecified atom stereocenters. The van der Waals surface area contributed by atoms with Crippen LogP contribution in [0.4, 0.5) is 4.39 Å². The van der Waals surface area contributed by atoms with Crippen molar-refractivity contribution in [3.8, 4) is 6.07 Å². The average molecular weight is 258 g/mol. The van der Waals surface area contributed by atoms with Gasteiger partial charge in [-0.05, 0) is 25.1 Å². The van der Waals surface area contributed by atoms with E-state index in [0.29, 0.717) is 0 Å². The molecule has 0 bridgehead atoms. The molecule has 1 aromatic carbocycles. The third-order valence-electron chi connectivity index (χ3n) is 1.98. The number of hydrogen-bond acceptors (Lipinski definition) is 4. The molecule has 17 heavy (non-hydrogen) atoms. The van der Waals surface area contributed by atoms with Crippen LogP contribution in [0.15, 0.2) is 23.1 Å². The maximum atomic E-state index is 13.5. The van der Waals surface area contributed by atoms with Gasteiger partial charge < -0.3 is 5.11 Å². The van der Waals surface area contributed by atoms with E-state index in [-0.39, 0.29) is 5.56 Å². The SMILES string of the molecule is C[C@H](CO)NS(=O)(=O)c1ccc(C#N)cc1F. The Labute approximate surface area is 98.6 Å². The molecule has 1 rings (SSSR count). The second-order valence-electron chi connectivity index (χ2n) is 3.46. The second kappa shape index (κ2) is 5.23. The molecule has 0 spiro atoms. The lowest BCUT2D eigenvalue weighted by atomic mass is 10.2. The summed E-state index contributed by atoms with van der Waals surface area (Å²) in [6, 6.07) is 4.06. The molecule has 0 heterocycles. The van der Waals surface area contributed by atoms with E-state index in [1.54, 1.807) is 6.07 Å². The van der Waals surface area contributed by atoms with Crippen molar-refractivity contribution >= 4 is 10.0 Å². The summed E-state index contributed by atoms with van der Waals surface area (Å²) in [5, 5.41) is 17.3. The zero-order valence-corrected chi connectivity index (χ0v) is 9.83. The van der Waals surface area contributed by atoms with Gasteiger partial charge in [0.1, 0.15) is 10.7 Å². The summed E-state index contributed by atoms with van der Waals surface area (Å²) in [6.07, 6.45) is 0. The molecule has 0 radical (unpaired) electrons. The van der Waals surface area contributed by atoms with Gasteiger partial charge in [0, 0.05) is 6.04 Å². The standard InChI is InChI=1S/C10H11FN2O3S/c1-7(6-14)13-17(15,16)10-3-2-8(5-12)4-9(10)11/h2-4,7,13-14H,6H2,1H3/t7-/m1/s1. The summed E-state index contributed by atoms with van der Waals surface area (Å²) in [5.41, 5.74) is 0.0386. The highest BCUT2D eigenvalue weighted by Crippen LogP contribution is 2.15. The Bertz CT molecular complexity index is 551. The number of rotatable bonds is 4. The van der Waals surface area contributed by atoms with Crippen LogP contribution >= 0.6 is 0 Å². The third kappa shape index (κ3) is 3.23. The van der Waals surface area contributed by atoms with Gasteiger partial charge in [0.25, 0.3) is 0 Å². The molecule has 1 aromatic rings. The van der Waals surface area contributed by atoms with Crippen molar-refractivity contribution in [1.82, 2.24) is 4.72 Å². The minimum atomic E-state index is -4.02. The van der Waals surface area contributed by atoms with E-state index in [2.05, 4.69) is 4.72 Å². The number of nitriles is 1. The van der Waals surface area contributed by atoms with Gasteiger partial charge in [0.15, 0.2) is 0 Å². The zero-order valence-electron chi connectivity index (χ0n) is 9.01. The lowest BCUT2D eigenvalue weighted by Crippen LogP contribution is -2.35. The Kier molecular flexibility index (Phi) is 4.17. The number of aliphatic hydroxyl groups excluding tert-OH is 1. The number of aliphatic hydroxyl groups is 1. The van der Waals surface area contributed by atoms with Crippen molar-refractivity contribution in [2.75, 3.05) is 6.61 Å². The fraction of sp³-hybridized carbons (Fsp3) is 0.300. The minimum absolute atomic E-state index is 0.0386. The molecule has 0 aliphatic heterocycles. The van der Waals surface area contributed by atoms with Crippen molar-refractivity contribution in [2.24, 2.45) is 0 Å². The van der Waals surface area contributed by atoms with Crippen molar-refractivity contribution in [1.29, 1.82) is 5.26 Å². The number of nitrogens with one attached hydrogen (secondary N) is 1.